The molecule has 3 nitrogen and oxygen atoms in total. The second-order valence-electron chi connectivity index (χ2n) is 6.32. The van der Waals surface area contributed by atoms with Crippen molar-refractivity contribution >= 4 is 5.91 Å². The molecule has 1 fully saturated rings. The van der Waals surface area contributed by atoms with Gasteiger partial charge in [-0.2, -0.15) is 0 Å². The number of ether oxygens (including phenoxy) is 1. The first kappa shape index (κ1) is 16.6. The average molecular weight is 323 g/mol. The summed E-state index contributed by atoms with van der Waals surface area (Å²) in [7, 11) is 0. The molecule has 1 amide bonds. The number of carbonyl (C=O) groups excluding carboxylic acids is 1. The molecule has 3 rings (SSSR count). The van der Waals surface area contributed by atoms with Crippen molar-refractivity contribution in [1.29, 1.82) is 0 Å². The maximum Gasteiger partial charge on any atom is 0.260 e. The lowest BCUT2D eigenvalue weighted by molar-refractivity contribution is -0.134. The van der Waals surface area contributed by atoms with Crippen molar-refractivity contribution in [2.45, 2.75) is 38.6 Å². The third kappa shape index (κ3) is 3.97. The number of para-hydroxylation sites is 1. The molecule has 2 aromatic rings. The van der Waals surface area contributed by atoms with Gasteiger partial charge in [-0.15, -0.1) is 0 Å². The normalized spacial score (nSPS) is 17.0. The molecular formula is C21H25NO2. The standard InChI is InChI=1S/C21H25NO2/c1-2-18-11-6-7-13-20(18)24-16-21(23)22-14-8-12-19(22)15-17-9-4-3-5-10-17/h3-7,9-11,13,19H,2,8,12,14-16H2,1H3. The van der Waals surface area contributed by atoms with Crippen molar-refractivity contribution in [3.63, 3.8) is 0 Å². The van der Waals surface area contributed by atoms with Crippen LogP contribution >= 0.6 is 0 Å². The molecule has 0 N–H and O–H groups in total. The summed E-state index contributed by atoms with van der Waals surface area (Å²) in [4.78, 5) is 14.6. The van der Waals surface area contributed by atoms with E-state index in [-0.39, 0.29) is 12.5 Å². The molecule has 0 aromatic heterocycles. The lowest BCUT2D eigenvalue weighted by atomic mass is 10.0. The SMILES string of the molecule is CCc1ccccc1OCC(=O)N1CCCC1Cc1ccccc1. The van der Waals surface area contributed by atoms with E-state index in [2.05, 4.69) is 31.2 Å². The summed E-state index contributed by atoms with van der Waals surface area (Å²) in [6.45, 7) is 3.07. The Kier molecular flexibility index (Phi) is 5.52. The molecule has 0 aliphatic carbocycles. The summed E-state index contributed by atoms with van der Waals surface area (Å²) in [6, 6.07) is 18.7. The fraction of sp³-hybridized carbons (Fsp3) is 0.381. The van der Waals surface area contributed by atoms with Crippen LogP contribution in [0.1, 0.15) is 30.9 Å². The van der Waals surface area contributed by atoms with Gasteiger partial charge in [-0.25, -0.2) is 0 Å². The molecule has 1 saturated heterocycles. The van der Waals surface area contributed by atoms with E-state index < -0.39 is 0 Å². The van der Waals surface area contributed by atoms with Gasteiger partial charge in [0.2, 0.25) is 0 Å². The highest BCUT2D eigenvalue weighted by Crippen LogP contribution is 2.22. The van der Waals surface area contributed by atoms with Crippen LogP contribution in [0.5, 0.6) is 5.75 Å². The fourth-order valence-corrected chi connectivity index (χ4v) is 3.42. The molecule has 3 heteroatoms. The van der Waals surface area contributed by atoms with Gasteiger partial charge in [0.15, 0.2) is 6.61 Å². The van der Waals surface area contributed by atoms with Crippen LogP contribution < -0.4 is 4.74 Å². The molecule has 0 radical (unpaired) electrons. The number of hydrogen-bond donors (Lipinski definition) is 0. The van der Waals surface area contributed by atoms with Crippen LogP contribution in [0.2, 0.25) is 0 Å². The first-order valence-electron chi connectivity index (χ1n) is 8.82. The minimum Gasteiger partial charge on any atom is -0.483 e. The molecule has 2 aromatic carbocycles. The van der Waals surface area contributed by atoms with Crippen LogP contribution in [0.25, 0.3) is 0 Å². The number of hydrogen-bond acceptors (Lipinski definition) is 2. The van der Waals surface area contributed by atoms with E-state index in [4.69, 9.17) is 4.74 Å². The average Bonchev–Trinajstić information content (AvgIpc) is 3.09. The van der Waals surface area contributed by atoms with Gasteiger partial charge >= 0.3 is 0 Å². The molecule has 1 aliphatic heterocycles. The van der Waals surface area contributed by atoms with Gasteiger partial charge in [-0.3, -0.25) is 4.79 Å². The van der Waals surface area contributed by atoms with Crippen LogP contribution in [0.4, 0.5) is 0 Å². The lowest BCUT2D eigenvalue weighted by Gasteiger charge is -2.25. The van der Waals surface area contributed by atoms with Crippen molar-refractivity contribution in [1.82, 2.24) is 4.90 Å². The Morgan fingerprint density at radius 2 is 1.88 bits per heavy atom. The molecule has 0 saturated carbocycles. The summed E-state index contributed by atoms with van der Waals surface area (Å²) in [5.41, 5.74) is 2.44. The highest BCUT2D eigenvalue weighted by atomic mass is 16.5. The van der Waals surface area contributed by atoms with Crippen molar-refractivity contribution in [3.05, 3.63) is 65.7 Å². The molecule has 1 heterocycles. The van der Waals surface area contributed by atoms with Gasteiger partial charge in [0.25, 0.3) is 5.91 Å². The number of benzene rings is 2. The van der Waals surface area contributed by atoms with Crippen molar-refractivity contribution < 1.29 is 9.53 Å². The lowest BCUT2D eigenvalue weighted by Crippen LogP contribution is -2.39. The van der Waals surface area contributed by atoms with Crippen LogP contribution in [-0.4, -0.2) is 30.0 Å². The first-order valence-corrected chi connectivity index (χ1v) is 8.82. The first-order chi connectivity index (χ1) is 11.8. The number of carbonyl (C=O) groups is 1. The molecule has 0 bridgehead atoms. The van der Waals surface area contributed by atoms with Crippen LogP contribution in [-0.2, 0) is 17.6 Å². The third-order valence-electron chi connectivity index (χ3n) is 4.72. The molecule has 126 valence electrons. The highest BCUT2D eigenvalue weighted by molar-refractivity contribution is 5.78. The zero-order chi connectivity index (χ0) is 16.8. The second kappa shape index (κ2) is 8.00. The Balaban J connectivity index is 1.59. The molecule has 1 unspecified atom stereocenters. The Labute approximate surface area is 144 Å². The van der Waals surface area contributed by atoms with Gasteiger partial charge in [0.1, 0.15) is 5.75 Å². The van der Waals surface area contributed by atoms with Crippen molar-refractivity contribution in [2.75, 3.05) is 13.2 Å². The van der Waals surface area contributed by atoms with Crippen LogP contribution in [0.15, 0.2) is 54.6 Å². The second-order valence-corrected chi connectivity index (χ2v) is 6.32. The van der Waals surface area contributed by atoms with Gasteiger partial charge in [0.05, 0.1) is 0 Å². The van der Waals surface area contributed by atoms with E-state index in [1.165, 1.54) is 5.56 Å². The molecule has 0 spiro atoms. The Morgan fingerprint density at radius 1 is 1.12 bits per heavy atom. The van der Waals surface area contributed by atoms with E-state index in [1.807, 2.05) is 35.2 Å². The maximum atomic E-state index is 12.6. The van der Waals surface area contributed by atoms with Crippen LogP contribution in [0.3, 0.4) is 0 Å². The summed E-state index contributed by atoms with van der Waals surface area (Å²) in [6.07, 6.45) is 3.99. The van der Waals surface area contributed by atoms with E-state index in [9.17, 15) is 4.79 Å². The maximum absolute atomic E-state index is 12.6. The van der Waals surface area contributed by atoms with E-state index in [0.717, 1.165) is 43.5 Å². The summed E-state index contributed by atoms with van der Waals surface area (Å²) in [5.74, 6) is 0.923. The number of rotatable bonds is 6. The molecular weight excluding hydrogens is 298 g/mol. The van der Waals surface area contributed by atoms with E-state index >= 15 is 0 Å². The van der Waals surface area contributed by atoms with Gasteiger partial charge < -0.3 is 9.64 Å². The minimum atomic E-state index is 0.0966. The van der Waals surface area contributed by atoms with Gasteiger partial charge in [0, 0.05) is 12.6 Å². The number of nitrogens with zero attached hydrogens (tertiary/aromatic N) is 1. The zero-order valence-corrected chi connectivity index (χ0v) is 14.3. The zero-order valence-electron chi connectivity index (χ0n) is 14.3. The Bertz CT molecular complexity index is 669. The monoisotopic (exact) mass is 323 g/mol. The van der Waals surface area contributed by atoms with Gasteiger partial charge in [-0.05, 0) is 42.9 Å². The third-order valence-corrected chi connectivity index (χ3v) is 4.72. The highest BCUT2D eigenvalue weighted by Gasteiger charge is 2.28. The molecule has 24 heavy (non-hydrogen) atoms. The predicted octanol–water partition coefficient (Wildman–Crippen LogP) is 3.86. The Hall–Kier alpha value is -2.29. The fourth-order valence-electron chi connectivity index (χ4n) is 3.42. The van der Waals surface area contributed by atoms with E-state index in [0.29, 0.717) is 6.04 Å². The topological polar surface area (TPSA) is 29.5 Å². The Morgan fingerprint density at radius 3 is 2.67 bits per heavy atom. The molecule has 1 aliphatic rings. The number of amides is 1. The minimum absolute atomic E-state index is 0.0966. The van der Waals surface area contributed by atoms with Crippen molar-refractivity contribution in [2.24, 2.45) is 0 Å². The number of aryl methyl sites for hydroxylation is 1. The quantitative estimate of drug-likeness (QED) is 0.808. The predicted molar refractivity (Wildman–Crippen MR) is 96.2 cm³/mol. The van der Waals surface area contributed by atoms with Crippen molar-refractivity contribution in [3.8, 4) is 5.75 Å². The van der Waals surface area contributed by atoms with Crippen LogP contribution in [0, 0.1) is 0 Å². The smallest absolute Gasteiger partial charge is 0.260 e. The number of likely N-dealkylation sites (tertiary alicyclic amines) is 1. The largest absolute Gasteiger partial charge is 0.483 e. The summed E-state index contributed by atoms with van der Waals surface area (Å²) >= 11 is 0. The molecule has 1 atom stereocenters. The summed E-state index contributed by atoms with van der Waals surface area (Å²) in [5, 5.41) is 0. The summed E-state index contributed by atoms with van der Waals surface area (Å²) < 4.78 is 5.81. The van der Waals surface area contributed by atoms with Gasteiger partial charge in [-0.1, -0.05) is 55.5 Å². The van der Waals surface area contributed by atoms with E-state index in [1.54, 1.807) is 0 Å².